The van der Waals surface area contributed by atoms with Crippen molar-refractivity contribution in [2.24, 2.45) is 5.92 Å². The minimum atomic E-state index is 0.494. The molecule has 0 radical (unpaired) electrons. The highest BCUT2D eigenvalue weighted by Gasteiger charge is 2.04. The van der Waals surface area contributed by atoms with Crippen molar-refractivity contribution in [3.63, 3.8) is 0 Å². The Morgan fingerprint density at radius 3 is 2.83 bits per heavy atom. The molecule has 0 aliphatic carbocycles. The van der Waals surface area contributed by atoms with Crippen LogP contribution in [-0.2, 0) is 11.3 Å². The monoisotopic (exact) mass is 256 g/mol. The van der Waals surface area contributed by atoms with Crippen molar-refractivity contribution in [2.75, 3.05) is 32.1 Å². The Morgan fingerprint density at radius 1 is 1.28 bits per heavy atom. The summed E-state index contributed by atoms with van der Waals surface area (Å²) in [5.74, 6) is 1.24. The van der Waals surface area contributed by atoms with Gasteiger partial charge >= 0.3 is 6.01 Å². The number of unbranched alkanes of at least 4 members (excludes halogenated alkanes) is 1. The number of rotatable bonds is 10. The second kappa shape index (κ2) is 8.88. The van der Waals surface area contributed by atoms with Crippen molar-refractivity contribution >= 4 is 6.01 Å². The van der Waals surface area contributed by atoms with E-state index in [4.69, 9.17) is 9.15 Å². The molecule has 1 heterocycles. The van der Waals surface area contributed by atoms with E-state index in [0.29, 0.717) is 24.4 Å². The van der Waals surface area contributed by atoms with Crippen molar-refractivity contribution in [2.45, 2.75) is 33.2 Å². The highest BCUT2D eigenvalue weighted by molar-refractivity contribution is 5.16. The van der Waals surface area contributed by atoms with Crippen LogP contribution >= 0.6 is 0 Å². The summed E-state index contributed by atoms with van der Waals surface area (Å²) in [6.07, 6.45) is 2.05. The molecule has 0 aliphatic heterocycles. The van der Waals surface area contributed by atoms with Gasteiger partial charge in [-0.2, -0.15) is 0 Å². The Hall–Kier alpha value is -1.14. The lowest BCUT2D eigenvalue weighted by Gasteiger charge is -2.03. The summed E-state index contributed by atoms with van der Waals surface area (Å²) in [6.45, 7) is 7.50. The quantitative estimate of drug-likeness (QED) is 0.620. The van der Waals surface area contributed by atoms with Gasteiger partial charge < -0.3 is 19.8 Å². The Balaban J connectivity index is 2.13. The minimum Gasteiger partial charge on any atom is -0.407 e. The fourth-order valence-corrected chi connectivity index (χ4v) is 1.43. The van der Waals surface area contributed by atoms with E-state index in [1.807, 2.05) is 0 Å². The number of hydrogen-bond donors (Lipinski definition) is 2. The number of ether oxygens (including phenoxy) is 1. The third kappa shape index (κ3) is 6.56. The van der Waals surface area contributed by atoms with Gasteiger partial charge in [0.2, 0.25) is 5.89 Å². The van der Waals surface area contributed by atoms with E-state index >= 15 is 0 Å². The lowest BCUT2D eigenvalue weighted by Crippen LogP contribution is -2.19. The number of methoxy groups -OCH3 is 1. The van der Waals surface area contributed by atoms with Crippen LogP contribution in [0.3, 0.4) is 0 Å². The zero-order chi connectivity index (χ0) is 13.2. The molecule has 0 bridgehead atoms. The van der Waals surface area contributed by atoms with Gasteiger partial charge in [-0.25, -0.2) is 0 Å². The second-order valence-electron chi connectivity index (χ2n) is 4.65. The van der Waals surface area contributed by atoms with E-state index in [1.54, 1.807) is 7.11 Å². The van der Waals surface area contributed by atoms with E-state index < -0.39 is 0 Å². The van der Waals surface area contributed by atoms with Crippen molar-refractivity contribution in [3.05, 3.63) is 5.89 Å². The van der Waals surface area contributed by atoms with Gasteiger partial charge in [0.1, 0.15) is 0 Å². The van der Waals surface area contributed by atoms with Gasteiger partial charge in [0, 0.05) is 20.3 Å². The maximum absolute atomic E-state index is 5.44. The third-order valence-electron chi connectivity index (χ3n) is 2.35. The van der Waals surface area contributed by atoms with E-state index in [1.165, 1.54) is 0 Å². The molecule has 0 unspecified atom stereocenters. The van der Waals surface area contributed by atoms with Crippen LogP contribution in [0.25, 0.3) is 0 Å². The summed E-state index contributed by atoms with van der Waals surface area (Å²) in [5.41, 5.74) is 0. The van der Waals surface area contributed by atoms with Crippen LogP contribution in [0.4, 0.5) is 6.01 Å². The topological polar surface area (TPSA) is 72.2 Å². The van der Waals surface area contributed by atoms with Crippen LogP contribution in [0.2, 0.25) is 0 Å². The van der Waals surface area contributed by atoms with Crippen molar-refractivity contribution in [3.8, 4) is 0 Å². The highest BCUT2D eigenvalue weighted by atomic mass is 16.5. The van der Waals surface area contributed by atoms with Gasteiger partial charge in [-0.3, -0.25) is 0 Å². The number of nitrogens with zero attached hydrogens (tertiary/aromatic N) is 2. The molecule has 0 saturated heterocycles. The zero-order valence-electron chi connectivity index (χ0n) is 11.5. The summed E-state index contributed by atoms with van der Waals surface area (Å²) in [7, 11) is 1.71. The SMILES string of the molecule is COCCCCNc1nnc(CNCC(C)C)o1. The fraction of sp³-hybridized carbons (Fsp3) is 0.833. The van der Waals surface area contributed by atoms with Crippen LogP contribution in [0, 0.1) is 5.92 Å². The van der Waals surface area contributed by atoms with Crippen molar-refractivity contribution in [1.82, 2.24) is 15.5 Å². The number of aromatic nitrogens is 2. The van der Waals surface area contributed by atoms with Crippen LogP contribution < -0.4 is 10.6 Å². The summed E-state index contributed by atoms with van der Waals surface area (Å²) in [5, 5.41) is 14.3. The molecule has 0 amide bonds. The van der Waals surface area contributed by atoms with Gasteiger partial charge in [0.15, 0.2) is 0 Å². The molecule has 1 rings (SSSR count). The Morgan fingerprint density at radius 2 is 2.11 bits per heavy atom. The molecule has 0 aromatic carbocycles. The lowest BCUT2D eigenvalue weighted by atomic mass is 10.2. The fourth-order valence-electron chi connectivity index (χ4n) is 1.43. The Kier molecular flexibility index (Phi) is 7.36. The molecule has 1 aromatic rings. The van der Waals surface area contributed by atoms with E-state index in [2.05, 4.69) is 34.7 Å². The summed E-state index contributed by atoms with van der Waals surface area (Å²) >= 11 is 0. The number of nitrogens with one attached hydrogen (secondary N) is 2. The van der Waals surface area contributed by atoms with Crippen LogP contribution in [0.15, 0.2) is 4.42 Å². The molecule has 104 valence electrons. The number of hydrogen-bond acceptors (Lipinski definition) is 6. The zero-order valence-corrected chi connectivity index (χ0v) is 11.5. The van der Waals surface area contributed by atoms with Gasteiger partial charge in [0.25, 0.3) is 0 Å². The van der Waals surface area contributed by atoms with Crippen molar-refractivity contribution in [1.29, 1.82) is 0 Å². The summed E-state index contributed by atoms with van der Waals surface area (Å²) in [4.78, 5) is 0. The van der Waals surface area contributed by atoms with Crippen molar-refractivity contribution < 1.29 is 9.15 Å². The molecule has 18 heavy (non-hydrogen) atoms. The molecule has 0 fully saturated rings. The first-order chi connectivity index (χ1) is 8.72. The molecule has 0 atom stereocenters. The maximum Gasteiger partial charge on any atom is 0.315 e. The predicted octanol–water partition coefficient (Wildman–Crippen LogP) is 1.65. The Bertz CT molecular complexity index is 315. The molecule has 0 saturated carbocycles. The molecule has 0 aliphatic rings. The van der Waals surface area contributed by atoms with Gasteiger partial charge in [-0.15, -0.1) is 5.10 Å². The summed E-state index contributed by atoms with van der Waals surface area (Å²) in [6, 6.07) is 0.494. The van der Waals surface area contributed by atoms with Gasteiger partial charge in [-0.05, 0) is 25.3 Å². The van der Waals surface area contributed by atoms with E-state index in [-0.39, 0.29) is 0 Å². The molecule has 6 nitrogen and oxygen atoms in total. The first-order valence-electron chi connectivity index (χ1n) is 6.48. The first kappa shape index (κ1) is 14.9. The standard InChI is InChI=1S/C12H24N4O2/c1-10(2)8-13-9-11-15-16-12(18-11)14-6-4-5-7-17-3/h10,13H,4-9H2,1-3H3,(H,14,16). The molecular weight excluding hydrogens is 232 g/mol. The molecule has 0 spiro atoms. The van der Waals surface area contributed by atoms with E-state index in [0.717, 1.165) is 32.5 Å². The van der Waals surface area contributed by atoms with Crippen LogP contribution in [-0.4, -0.2) is 37.0 Å². The largest absolute Gasteiger partial charge is 0.407 e. The number of anilines is 1. The van der Waals surface area contributed by atoms with Crippen LogP contribution in [0.5, 0.6) is 0 Å². The molecule has 1 aromatic heterocycles. The smallest absolute Gasteiger partial charge is 0.315 e. The normalized spacial score (nSPS) is 11.1. The predicted molar refractivity (Wildman–Crippen MR) is 70.4 cm³/mol. The second-order valence-corrected chi connectivity index (χ2v) is 4.65. The molecule has 6 heteroatoms. The molecule has 2 N–H and O–H groups in total. The lowest BCUT2D eigenvalue weighted by molar-refractivity contribution is 0.193. The highest BCUT2D eigenvalue weighted by Crippen LogP contribution is 2.05. The Labute approximate surface area is 108 Å². The van der Waals surface area contributed by atoms with Crippen LogP contribution in [0.1, 0.15) is 32.6 Å². The van der Waals surface area contributed by atoms with E-state index in [9.17, 15) is 0 Å². The maximum atomic E-state index is 5.44. The average Bonchev–Trinajstić information content (AvgIpc) is 2.76. The minimum absolute atomic E-state index is 0.494. The average molecular weight is 256 g/mol. The van der Waals surface area contributed by atoms with Gasteiger partial charge in [-0.1, -0.05) is 18.9 Å². The molecular formula is C12H24N4O2. The first-order valence-corrected chi connectivity index (χ1v) is 6.48. The summed E-state index contributed by atoms with van der Waals surface area (Å²) < 4.78 is 10.4. The van der Waals surface area contributed by atoms with Gasteiger partial charge in [0.05, 0.1) is 6.54 Å². The third-order valence-corrected chi connectivity index (χ3v) is 2.35.